The first-order valence-corrected chi connectivity index (χ1v) is 5.70. The molecule has 1 aliphatic heterocycles. The number of hydrogen-bond acceptors (Lipinski definition) is 2. The second-order valence-corrected chi connectivity index (χ2v) is 6.16. The molecule has 0 aromatic carbocycles. The van der Waals surface area contributed by atoms with Crippen molar-refractivity contribution >= 4 is 0 Å². The van der Waals surface area contributed by atoms with Crippen LogP contribution in [0.4, 0.5) is 0 Å². The molecule has 0 aliphatic carbocycles. The fourth-order valence-corrected chi connectivity index (χ4v) is 2.39. The van der Waals surface area contributed by atoms with Gasteiger partial charge in [0.1, 0.15) is 0 Å². The fraction of sp³-hybridized carbons (Fsp3) is 1.00. The summed E-state index contributed by atoms with van der Waals surface area (Å²) in [5, 5.41) is 0. The summed E-state index contributed by atoms with van der Waals surface area (Å²) in [4.78, 5) is 4.95. The van der Waals surface area contributed by atoms with Gasteiger partial charge in [-0.05, 0) is 32.9 Å². The van der Waals surface area contributed by atoms with Crippen LogP contribution in [-0.4, -0.2) is 49.1 Å². The van der Waals surface area contributed by atoms with Crippen molar-refractivity contribution < 1.29 is 0 Å². The molecule has 84 valence electrons. The molecular weight excluding hydrogens is 172 g/mol. The lowest BCUT2D eigenvalue weighted by Crippen LogP contribution is -2.56. The van der Waals surface area contributed by atoms with Gasteiger partial charge in [0.25, 0.3) is 0 Å². The maximum atomic E-state index is 2.49. The summed E-state index contributed by atoms with van der Waals surface area (Å²) in [5.41, 5.74) is 0.419. The highest BCUT2D eigenvalue weighted by molar-refractivity contribution is 4.89. The van der Waals surface area contributed by atoms with Crippen LogP contribution in [0.5, 0.6) is 0 Å². The predicted molar refractivity (Wildman–Crippen MR) is 62.6 cm³/mol. The highest BCUT2D eigenvalue weighted by atomic mass is 15.3. The van der Waals surface area contributed by atoms with Crippen molar-refractivity contribution in [2.75, 3.05) is 27.2 Å². The Kier molecular flexibility index (Phi) is 3.59. The SMILES string of the molecule is CC1CC(CN(C)CC(C)(C)C)N1C. The van der Waals surface area contributed by atoms with Crippen LogP contribution in [0.3, 0.4) is 0 Å². The van der Waals surface area contributed by atoms with Gasteiger partial charge < -0.3 is 4.90 Å². The van der Waals surface area contributed by atoms with Crippen molar-refractivity contribution in [3.8, 4) is 0 Å². The minimum atomic E-state index is 0.419. The van der Waals surface area contributed by atoms with Crippen LogP contribution in [0, 0.1) is 5.41 Å². The number of likely N-dealkylation sites (tertiary alicyclic amines) is 1. The van der Waals surface area contributed by atoms with Crippen LogP contribution >= 0.6 is 0 Å². The molecule has 0 amide bonds. The fourth-order valence-electron chi connectivity index (χ4n) is 2.39. The van der Waals surface area contributed by atoms with E-state index >= 15 is 0 Å². The van der Waals surface area contributed by atoms with Crippen LogP contribution in [0.15, 0.2) is 0 Å². The van der Waals surface area contributed by atoms with Crippen molar-refractivity contribution in [2.45, 2.75) is 46.2 Å². The van der Waals surface area contributed by atoms with Crippen LogP contribution in [-0.2, 0) is 0 Å². The zero-order valence-electron chi connectivity index (χ0n) is 10.7. The first-order chi connectivity index (χ1) is 6.29. The molecule has 1 aliphatic rings. The van der Waals surface area contributed by atoms with Crippen molar-refractivity contribution in [3.05, 3.63) is 0 Å². The van der Waals surface area contributed by atoms with Gasteiger partial charge in [-0.25, -0.2) is 0 Å². The smallest absolute Gasteiger partial charge is 0.0237 e. The summed E-state index contributed by atoms with van der Waals surface area (Å²) in [5.74, 6) is 0. The van der Waals surface area contributed by atoms with Gasteiger partial charge in [-0.15, -0.1) is 0 Å². The van der Waals surface area contributed by atoms with Crippen LogP contribution < -0.4 is 0 Å². The molecule has 1 fully saturated rings. The van der Waals surface area contributed by atoms with Crippen LogP contribution in [0.2, 0.25) is 0 Å². The second kappa shape index (κ2) is 4.19. The van der Waals surface area contributed by atoms with Crippen molar-refractivity contribution in [1.29, 1.82) is 0 Å². The van der Waals surface area contributed by atoms with Crippen molar-refractivity contribution in [2.24, 2.45) is 5.41 Å². The summed E-state index contributed by atoms with van der Waals surface area (Å²) < 4.78 is 0. The average Bonchev–Trinajstić information content (AvgIpc) is 2.00. The van der Waals surface area contributed by atoms with E-state index in [0.717, 1.165) is 12.1 Å². The van der Waals surface area contributed by atoms with E-state index < -0.39 is 0 Å². The average molecular weight is 198 g/mol. The Labute approximate surface area is 89.3 Å². The molecule has 1 heterocycles. The van der Waals surface area contributed by atoms with E-state index in [2.05, 4.69) is 51.6 Å². The molecule has 2 nitrogen and oxygen atoms in total. The Bertz CT molecular complexity index is 183. The van der Waals surface area contributed by atoms with Gasteiger partial charge in [0.05, 0.1) is 0 Å². The van der Waals surface area contributed by atoms with Gasteiger partial charge >= 0.3 is 0 Å². The van der Waals surface area contributed by atoms with Gasteiger partial charge in [0.15, 0.2) is 0 Å². The number of hydrogen-bond donors (Lipinski definition) is 0. The lowest BCUT2D eigenvalue weighted by atomic mass is 9.93. The Morgan fingerprint density at radius 3 is 2.29 bits per heavy atom. The van der Waals surface area contributed by atoms with Crippen LogP contribution in [0.25, 0.3) is 0 Å². The summed E-state index contributed by atoms with van der Waals surface area (Å²) >= 11 is 0. The van der Waals surface area contributed by atoms with Gasteiger partial charge in [-0.1, -0.05) is 20.8 Å². The summed E-state index contributed by atoms with van der Waals surface area (Å²) in [6.45, 7) is 11.6. The molecule has 0 spiro atoms. The van der Waals surface area contributed by atoms with E-state index in [1.54, 1.807) is 0 Å². The summed E-state index contributed by atoms with van der Waals surface area (Å²) in [7, 11) is 4.48. The molecule has 1 rings (SSSR count). The van der Waals surface area contributed by atoms with Gasteiger partial charge in [0, 0.05) is 25.2 Å². The topological polar surface area (TPSA) is 6.48 Å². The third-order valence-corrected chi connectivity index (χ3v) is 3.15. The van der Waals surface area contributed by atoms with Crippen molar-refractivity contribution in [3.63, 3.8) is 0 Å². The Morgan fingerprint density at radius 2 is 1.93 bits per heavy atom. The number of likely N-dealkylation sites (N-methyl/N-ethyl adjacent to an activating group) is 2. The third-order valence-electron chi connectivity index (χ3n) is 3.15. The molecule has 0 aromatic heterocycles. The molecule has 2 unspecified atom stereocenters. The van der Waals surface area contributed by atoms with E-state index in [9.17, 15) is 0 Å². The van der Waals surface area contributed by atoms with Gasteiger partial charge in [-0.3, -0.25) is 4.90 Å². The summed E-state index contributed by atoms with van der Waals surface area (Å²) in [6, 6.07) is 1.58. The molecule has 0 aromatic rings. The molecular formula is C12H26N2. The normalized spacial score (nSPS) is 29.4. The highest BCUT2D eigenvalue weighted by Gasteiger charge is 2.32. The standard InChI is InChI=1S/C12H26N2/c1-10-7-11(14(10)6)8-13(5)9-12(2,3)4/h10-11H,7-9H2,1-6H3. The first kappa shape index (κ1) is 12.0. The maximum absolute atomic E-state index is 2.49. The first-order valence-electron chi connectivity index (χ1n) is 5.70. The molecule has 0 bridgehead atoms. The second-order valence-electron chi connectivity index (χ2n) is 6.16. The minimum absolute atomic E-state index is 0.419. The van der Waals surface area contributed by atoms with E-state index in [1.165, 1.54) is 19.5 Å². The number of nitrogens with zero attached hydrogens (tertiary/aromatic N) is 2. The predicted octanol–water partition coefficient (Wildman–Crippen LogP) is 2.06. The number of rotatable bonds is 3. The van der Waals surface area contributed by atoms with E-state index in [0.29, 0.717) is 5.41 Å². The Morgan fingerprint density at radius 1 is 1.36 bits per heavy atom. The van der Waals surface area contributed by atoms with Gasteiger partial charge in [-0.2, -0.15) is 0 Å². The van der Waals surface area contributed by atoms with Crippen molar-refractivity contribution in [1.82, 2.24) is 9.80 Å². The Balaban J connectivity index is 2.25. The van der Waals surface area contributed by atoms with Crippen LogP contribution in [0.1, 0.15) is 34.1 Å². The molecule has 2 atom stereocenters. The molecule has 0 N–H and O–H groups in total. The lowest BCUT2D eigenvalue weighted by Gasteiger charge is -2.46. The minimum Gasteiger partial charge on any atom is -0.304 e. The quantitative estimate of drug-likeness (QED) is 0.685. The molecule has 0 saturated carbocycles. The lowest BCUT2D eigenvalue weighted by molar-refractivity contribution is 0.0282. The molecule has 0 radical (unpaired) electrons. The largest absolute Gasteiger partial charge is 0.304 e. The highest BCUT2D eigenvalue weighted by Crippen LogP contribution is 2.24. The molecule has 2 heteroatoms. The molecule has 1 saturated heterocycles. The zero-order chi connectivity index (χ0) is 10.9. The Hall–Kier alpha value is -0.0800. The van der Waals surface area contributed by atoms with E-state index in [-0.39, 0.29) is 0 Å². The third kappa shape index (κ3) is 3.25. The summed E-state index contributed by atoms with van der Waals surface area (Å²) in [6.07, 6.45) is 1.37. The van der Waals surface area contributed by atoms with Gasteiger partial charge in [0.2, 0.25) is 0 Å². The zero-order valence-corrected chi connectivity index (χ0v) is 10.7. The molecule has 14 heavy (non-hydrogen) atoms. The van der Waals surface area contributed by atoms with E-state index in [4.69, 9.17) is 0 Å². The monoisotopic (exact) mass is 198 g/mol. The maximum Gasteiger partial charge on any atom is 0.0237 e. The van der Waals surface area contributed by atoms with E-state index in [1.807, 2.05) is 0 Å².